The Morgan fingerprint density at radius 1 is 0.345 bits per heavy atom. The van der Waals surface area contributed by atoms with Gasteiger partial charge in [-0.1, -0.05) is 102 Å². The first-order valence-electron chi connectivity index (χ1n) is 18.2. The summed E-state index contributed by atoms with van der Waals surface area (Å²) >= 11 is 10.6. The van der Waals surface area contributed by atoms with Crippen molar-refractivity contribution in [1.82, 2.24) is 0 Å². The van der Waals surface area contributed by atoms with Crippen molar-refractivity contribution in [2.24, 2.45) is 0 Å². The summed E-state index contributed by atoms with van der Waals surface area (Å²) in [6.07, 6.45) is 0. The lowest BCUT2D eigenvalue weighted by Crippen LogP contribution is -1.98. The Labute approximate surface area is 356 Å². The minimum atomic E-state index is 0.639. The second kappa shape index (κ2) is 15.2. The van der Waals surface area contributed by atoms with E-state index in [9.17, 15) is 0 Å². The molecule has 1 radical (unpaired) electrons. The highest BCUT2D eigenvalue weighted by Gasteiger charge is 2.16. The minimum absolute atomic E-state index is 0.639. The Bertz CT molecular complexity index is 3370. The van der Waals surface area contributed by atoms with Gasteiger partial charge >= 0.3 is 7.69 Å². The Hall–Kier alpha value is -5.78. The monoisotopic (exact) mass is 947 g/mol. The summed E-state index contributed by atoms with van der Waals surface area (Å²) in [5.74, 6) is 0.639. The fourth-order valence-electron chi connectivity index (χ4n) is 7.38. The smallest absolute Gasteiger partial charge is 0.537 e. The number of benzene rings is 8. The van der Waals surface area contributed by atoms with E-state index in [4.69, 9.17) is 22.7 Å². The van der Waals surface area contributed by atoms with Crippen LogP contribution in [-0.4, -0.2) is 12.7 Å². The van der Waals surface area contributed by atoms with Crippen LogP contribution in [0.3, 0.4) is 0 Å². The van der Waals surface area contributed by atoms with E-state index in [2.05, 4.69) is 119 Å². The Kier molecular flexibility index (Phi) is 9.58. The molecule has 0 atom stereocenters. The molecule has 8 aromatic carbocycles. The highest BCUT2D eigenvalue weighted by atomic mass is 79.9. The molecule has 12 rings (SSSR count). The average molecular weight is 950 g/mol. The second-order valence-electron chi connectivity index (χ2n) is 13.6. The second-order valence-corrected chi connectivity index (χ2v) is 16.4. The molecular weight excluding hydrogens is 923 g/mol. The predicted octanol–water partition coefficient (Wildman–Crippen LogP) is 15.5. The van der Waals surface area contributed by atoms with E-state index < -0.39 is 0 Å². The number of hydrogen-bond acceptors (Lipinski definition) is 6. The standard InChI is InChI=1S/C24H13BrO2.C18H8Br2O2.C6H6BO2/c25-16-7-9-22-18(11-16)20-12-19-17-10-15(14-4-2-1-3-5-14)6-8-21(17)26-23(19)13-24(20)27-22;19-9-1-3-15-11(5-9)13-7-14-12-6-10(20)2-4-16(12)22-18(14)8-17(13)21-15;8-7-9-6-4-2-1-3-5-6/h1-13H;1-8H;1-5,8H. The van der Waals surface area contributed by atoms with Gasteiger partial charge in [-0.25, -0.2) is 0 Å². The molecule has 10 heteroatoms. The summed E-state index contributed by atoms with van der Waals surface area (Å²) < 4.78 is 31.8. The SMILES string of the molecule is Brc1ccc2oc3cc4oc5ccc(-c6ccccc6)cc5c4cc3c2c1.Brc1ccc2oc3cc4oc5ccc(Br)cc5c4cc3c2c1.O[B]Oc1ccccc1. The van der Waals surface area contributed by atoms with Crippen molar-refractivity contribution in [3.05, 3.63) is 171 Å². The van der Waals surface area contributed by atoms with E-state index in [0.717, 1.165) is 101 Å². The van der Waals surface area contributed by atoms with Crippen LogP contribution in [0.1, 0.15) is 0 Å². The first kappa shape index (κ1) is 36.6. The van der Waals surface area contributed by atoms with Crippen molar-refractivity contribution in [2.75, 3.05) is 0 Å². The zero-order valence-electron chi connectivity index (χ0n) is 30.2. The van der Waals surface area contributed by atoms with Gasteiger partial charge in [-0.3, -0.25) is 0 Å². The average Bonchev–Trinajstić information content (AvgIpc) is 3.99. The summed E-state index contributed by atoms with van der Waals surface area (Å²) in [4.78, 5) is 0. The summed E-state index contributed by atoms with van der Waals surface area (Å²) in [5, 5.41) is 17.0. The Balaban J connectivity index is 0.000000118. The molecule has 279 valence electrons. The molecule has 4 heterocycles. The van der Waals surface area contributed by atoms with Crippen LogP contribution in [0.5, 0.6) is 5.75 Å². The Morgan fingerprint density at radius 3 is 1.12 bits per heavy atom. The molecule has 4 aromatic heterocycles. The molecular formula is C48H27BBr3O6. The van der Waals surface area contributed by atoms with Crippen LogP contribution < -0.4 is 4.65 Å². The van der Waals surface area contributed by atoms with Gasteiger partial charge in [-0.15, -0.1) is 0 Å². The highest BCUT2D eigenvalue weighted by Crippen LogP contribution is 2.40. The van der Waals surface area contributed by atoms with E-state index in [1.807, 2.05) is 78.9 Å². The van der Waals surface area contributed by atoms with Crippen molar-refractivity contribution in [2.45, 2.75) is 0 Å². The van der Waals surface area contributed by atoms with E-state index in [-0.39, 0.29) is 0 Å². The van der Waals surface area contributed by atoms with Crippen LogP contribution in [-0.2, 0) is 0 Å². The third-order valence-electron chi connectivity index (χ3n) is 10.0. The minimum Gasteiger partial charge on any atom is -0.537 e. The maximum Gasteiger partial charge on any atom is 0.569 e. The molecule has 0 aliphatic carbocycles. The van der Waals surface area contributed by atoms with Gasteiger partial charge in [0.2, 0.25) is 0 Å². The summed E-state index contributed by atoms with van der Waals surface area (Å²) in [6, 6.07) is 52.4. The van der Waals surface area contributed by atoms with Crippen molar-refractivity contribution < 1.29 is 27.3 Å². The number of fused-ring (bicyclic) bond motifs is 12. The number of para-hydroxylation sites is 1. The van der Waals surface area contributed by atoms with Gasteiger partial charge in [0.15, 0.2) is 0 Å². The van der Waals surface area contributed by atoms with E-state index >= 15 is 0 Å². The normalized spacial score (nSPS) is 11.4. The highest BCUT2D eigenvalue weighted by molar-refractivity contribution is 9.11. The fraction of sp³-hybridized carbons (Fsp3) is 0. The lowest BCUT2D eigenvalue weighted by molar-refractivity contribution is 0.454. The zero-order valence-corrected chi connectivity index (χ0v) is 35.0. The first-order valence-corrected chi connectivity index (χ1v) is 20.6. The third-order valence-corrected chi connectivity index (χ3v) is 11.5. The van der Waals surface area contributed by atoms with Crippen LogP contribution in [0.25, 0.3) is 98.9 Å². The predicted molar refractivity (Wildman–Crippen MR) is 246 cm³/mol. The zero-order chi connectivity index (χ0) is 39.3. The quantitative estimate of drug-likeness (QED) is 0.178. The first-order chi connectivity index (χ1) is 28.4. The molecule has 12 aromatic rings. The number of rotatable bonds is 3. The largest absolute Gasteiger partial charge is 0.569 e. The topological polar surface area (TPSA) is 82.0 Å². The summed E-state index contributed by atoms with van der Waals surface area (Å²) in [6.45, 7) is 0. The molecule has 0 bridgehead atoms. The van der Waals surface area contributed by atoms with Gasteiger partial charge in [0.05, 0.1) is 5.75 Å². The van der Waals surface area contributed by atoms with Gasteiger partial charge in [-0.2, -0.15) is 0 Å². The van der Waals surface area contributed by atoms with Crippen LogP contribution >= 0.6 is 47.8 Å². The van der Waals surface area contributed by atoms with Gasteiger partial charge in [0, 0.05) is 68.6 Å². The molecule has 6 nitrogen and oxygen atoms in total. The molecule has 0 spiro atoms. The molecule has 1 N–H and O–H groups in total. The molecule has 0 fully saturated rings. The van der Waals surface area contributed by atoms with Crippen molar-refractivity contribution in [1.29, 1.82) is 0 Å². The molecule has 0 amide bonds. The maximum atomic E-state index is 8.17. The van der Waals surface area contributed by atoms with Crippen LogP contribution in [0.15, 0.2) is 189 Å². The van der Waals surface area contributed by atoms with E-state index in [1.54, 1.807) is 12.1 Å². The Morgan fingerprint density at radius 2 is 0.707 bits per heavy atom. The molecule has 0 aliphatic rings. The van der Waals surface area contributed by atoms with Crippen LogP contribution in [0, 0.1) is 0 Å². The van der Waals surface area contributed by atoms with Gasteiger partial charge in [0.25, 0.3) is 0 Å². The molecule has 58 heavy (non-hydrogen) atoms. The molecule has 0 unspecified atom stereocenters. The lowest BCUT2D eigenvalue weighted by atomic mass is 10.0. The van der Waals surface area contributed by atoms with Gasteiger partial charge < -0.3 is 27.3 Å². The van der Waals surface area contributed by atoms with Crippen LogP contribution in [0.4, 0.5) is 0 Å². The molecule has 0 aliphatic heterocycles. The molecule has 0 saturated heterocycles. The van der Waals surface area contributed by atoms with Crippen molar-refractivity contribution >= 4 is 143 Å². The summed E-state index contributed by atoms with van der Waals surface area (Å²) in [7, 11) is 0.662. The van der Waals surface area contributed by atoms with Crippen molar-refractivity contribution in [3.8, 4) is 16.9 Å². The number of furan rings is 4. The number of hydrogen-bond donors (Lipinski definition) is 1. The molecule has 0 saturated carbocycles. The van der Waals surface area contributed by atoms with Crippen LogP contribution in [0.2, 0.25) is 0 Å². The van der Waals surface area contributed by atoms with Crippen molar-refractivity contribution in [3.63, 3.8) is 0 Å². The van der Waals surface area contributed by atoms with Gasteiger partial charge in [0.1, 0.15) is 44.7 Å². The lowest BCUT2D eigenvalue weighted by Gasteiger charge is -2.01. The summed E-state index contributed by atoms with van der Waals surface area (Å²) in [5.41, 5.74) is 9.32. The maximum absolute atomic E-state index is 8.17. The van der Waals surface area contributed by atoms with E-state index in [0.29, 0.717) is 13.4 Å². The van der Waals surface area contributed by atoms with Gasteiger partial charge in [-0.05, 0) is 102 Å². The third kappa shape index (κ3) is 6.86. The number of halogens is 3. The van der Waals surface area contributed by atoms with E-state index in [1.165, 1.54) is 11.1 Å². The fourth-order valence-corrected chi connectivity index (χ4v) is 8.46.